The van der Waals surface area contributed by atoms with Crippen molar-refractivity contribution in [2.45, 2.75) is 56.2 Å². The molecule has 2 aliphatic heterocycles. The van der Waals surface area contributed by atoms with Crippen LogP contribution in [0, 0.1) is 0 Å². The Morgan fingerprint density at radius 2 is 2.13 bits per heavy atom. The number of nitrogens with two attached hydrogens (primary N) is 1. The van der Waals surface area contributed by atoms with Crippen LogP contribution >= 0.6 is 0 Å². The molecule has 1 aliphatic carbocycles. The molecule has 3 rings (SSSR count). The van der Waals surface area contributed by atoms with Crippen molar-refractivity contribution >= 4 is 0 Å². The fourth-order valence-corrected chi connectivity index (χ4v) is 3.38. The lowest BCUT2D eigenvalue weighted by Crippen LogP contribution is -2.51. The Balaban J connectivity index is 1.61. The van der Waals surface area contributed by atoms with E-state index in [1.807, 2.05) is 0 Å². The maximum Gasteiger partial charge on any atom is 0.0697 e. The molecule has 2 atom stereocenters. The second-order valence-electron chi connectivity index (χ2n) is 5.58. The molecule has 3 nitrogen and oxygen atoms in total. The summed E-state index contributed by atoms with van der Waals surface area (Å²) in [5.74, 6) is 0. The molecule has 0 radical (unpaired) electrons. The van der Waals surface area contributed by atoms with Crippen LogP contribution in [0.3, 0.4) is 0 Å². The quantitative estimate of drug-likeness (QED) is 0.705. The Morgan fingerprint density at radius 3 is 2.73 bits per heavy atom. The molecule has 0 aromatic heterocycles. The van der Waals surface area contributed by atoms with Gasteiger partial charge in [-0.1, -0.05) is 0 Å². The predicted octanol–water partition coefficient (Wildman–Crippen LogP) is 1.12. The Hall–Kier alpha value is -0.120. The van der Waals surface area contributed by atoms with Gasteiger partial charge in [0.15, 0.2) is 0 Å². The lowest BCUT2D eigenvalue weighted by atomic mass is 9.73. The van der Waals surface area contributed by atoms with Gasteiger partial charge in [0.2, 0.25) is 0 Å². The first-order valence-electron chi connectivity index (χ1n) is 6.41. The van der Waals surface area contributed by atoms with Gasteiger partial charge in [0, 0.05) is 31.8 Å². The largest absolute Gasteiger partial charge is 0.375 e. The van der Waals surface area contributed by atoms with Gasteiger partial charge in [0.05, 0.1) is 5.60 Å². The minimum atomic E-state index is 0.287. The molecule has 1 unspecified atom stereocenters. The van der Waals surface area contributed by atoms with Gasteiger partial charge in [-0.3, -0.25) is 4.90 Å². The van der Waals surface area contributed by atoms with E-state index in [-0.39, 0.29) is 5.60 Å². The van der Waals surface area contributed by atoms with Crippen molar-refractivity contribution in [3.8, 4) is 0 Å². The smallest absolute Gasteiger partial charge is 0.0697 e. The molecular formula is C12H22N2O. The first kappa shape index (κ1) is 10.1. The van der Waals surface area contributed by atoms with E-state index in [1.165, 1.54) is 45.1 Å². The molecule has 3 heteroatoms. The Kier molecular flexibility index (Phi) is 2.49. The summed E-state index contributed by atoms with van der Waals surface area (Å²) >= 11 is 0. The topological polar surface area (TPSA) is 38.5 Å². The maximum atomic E-state index is 5.97. The number of hydrogen-bond acceptors (Lipinski definition) is 3. The number of likely N-dealkylation sites (tertiary alicyclic amines) is 1. The van der Waals surface area contributed by atoms with Crippen molar-refractivity contribution < 1.29 is 4.74 Å². The Morgan fingerprint density at radius 1 is 1.27 bits per heavy atom. The summed E-state index contributed by atoms with van der Waals surface area (Å²) in [7, 11) is 0. The number of nitrogens with zero attached hydrogens (tertiary/aromatic N) is 1. The number of rotatable bonds is 1. The van der Waals surface area contributed by atoms with Crippen LogP contribution in [0.4, 0.5) is 0 Å². The van der Waals surface area contributed by atoms with Crippen molar-refractivity contribution in [1.29, 1.82) is 0 Å². The Bertz CT molecular complexity index is 240. The molecule has 0 aromatic carbocycles. The van der Waals surface area contributed by atoms with Crippen LogP contribution in [0.5, 0.6) is 0 Å². The van der Waals surface area contributed by atoms with E-state index in [1.54, 1.807) is 0 Å². The van der Waals surface area contributed by atoms with Crippen LogP contribution in [-0.2, 0) is 4.74 Å². The summed E-state index contributed by atoms with van der Waals surface area (Å²) in [4.78, 5) is 2.60. The third-order valence-corrected chi connectivity index (χ3v) is 4.50. The summed E-state index contributed by atoms with van der Waals surface area (Å²) in [6, 6.07) is 1.18. The van der Waals surface area contributed by atoms with Crippen molar-refractivity contribution in [1.82, 2.24) is 4.90 Å². The van der Waals surface area contributed by atoms with Crippen molar-refractivity contribution in [3.05, 3.63) is 0 Å². The molecule has 0 amide bonds. The molecule has 2 saturated heterocycles. The molecule has 1 spiro atoms. The van der Waals surface area contributed by atoms with Gasteiger partial charge in [0.1, 0.15) is 0 Å². The summed E-state index contributed by atoms with van der Waals surface area (Å²) < 4.78 is 5.96. The molecule has 2 N–H and O–H groups in total. The minimum absolute atomic E-state index is 0.287. The van der Waals surface area contributed by atoms with Crippen molar-refractivity contribution in [2.75, 3.05) is 19.7 Å². The SMILES string of the molecule is N[C@@H]1CCN(C2CCOC3(CCC3)C2)C1. The molecule has 86 valence electrons. The highest BCUT2D eigenvalue weighted by molar-refractivity contribution is 4.98. The molecular weight excluding hydrogens is 188 g/mol. The van der Waals surface area contributed by atoms with E-state index in [0.717, 1.165) is 19.2 Å². The third kappa shape index (κ3) is 1.81. The zero-order chi connectivity index (χ0) is 10.3. The summed E-state index contributed by atoms with van der Waals surface area (Å²) in [6.07, 6.45) is 7.62. The molecule has 0 aromatic rings. The zero-order valence-electron chi connectivity index (χ0n) is 9.45. The third-order valence-electron chi connectivity index (χ3n) is 4.50. The number of ether oxygens (including phenoxy) is 1. The van der Waals surface area contributed by atoms with Crippen LogP contribution < -0.4 is 5.73 Å². The second-order valence-corrected chi connectivity index (χ2v) is 5.58. The first-order chi connectivity index (χ1) is 7.27. The summed E-state index contributed by atoms with van der Waals surface area (Å²) in [6.45, 7) is 3.29. The monoisotopic (exact) mass is 210 g/mol. The average Bonchev–Trinajstić information content (AvgIpc) is 2.63. The van der Waals surface area contributed by atoms with Gasteiger partial charge < -0.3 is 10.5 Å². The van der Waals surface area contributed by atoms with Gasteiger partial charge in [-0.15, -0.1) is 0 Å². The lowest BCUT2D eigenvalue weighted by Gasteiger charge is -2.49. The van der Waals surface area contributed by atoms with Gasteiger partial charge >= 0.3 is 0 Å². The van der Waals surface area contributed by atoms with Crippen LogP contribution in [0.2, 0.25) is 0 Å². The average molecular weight is 210 g/mol. The molecule has 2 heterocycles. The normalized spacial score (nSPS) is 40.6. The molecule has 3 aliphatic rings. The number of hydrogen-bond donors (Lipinski definition) is 1. The highest BCUT2D eigenvalue weighted by Gasteiger charge is 2.44. The predicted molar refractivity (Wildman–Crippen MR) is 59.7 cm³/mol. The van der Waals surface area contributed by atoms with E-state index in [0.29, 0.717) is 6.04 Å². The van der Waals surface area contributed by atoms with Gasteiger partial charge in [-0.2, -0.15) is 0 Å². The van der Waals surface area contributed by atoms with Crippen LogP contribution in [-0.4, -0.2) is 42.3 Å². The standard InChI is InChI=1S/C12H22N2O/c13-10-2-6-14(9-10)11-3-7-15-12(8-11)4-1-5-12/h10-11H,1-9,13H2/t10-,11?/m1/s1. The highest BCUT2D eigenvalue weighted by atomic mass is 16.5. The van der Waals surface area contributed by atoms with Crippen molar-refractivity contribution in [3.63, 3.8) is 0 Å². The minimum Gasteiger partial charge on any atom is -0.375 e. The van der Waals surface area contributed by atoms with Gasteiger partial charge in [0.25, 0.3) is 0 Å². The van der Waals surface area contributed by atoms with E-state index < -0.39 is 0 Å². The molecule has 1 saturated carbocycles. The van der Waals surface area contributed by atoms with E-state index in [4.69, 9.17) is 10.5 Å². The molecule has 3 fully saturated rings. The van der Waals surface area contributed by atoms with Crippen LogP contribution in [0.15, 0.2) is 0 Å². The van der Waals surface area contributed by atoms with E-state index in [2.05, 4.69) is 4.90 Å². The van der Waals surface area contributed by atoms with Crippen LogP contribution in [0.25, 0.3) is 0 Å². The first-order valence-corrected chi connectivity index (χ1v) is 6.41. The zero-order valence-corrected chi connectivity index (χ0v) is 9.45. The second kappa shape index (κ2) is 3.72. The Labute approximate surface area is 91.9 Å². The maximum absolute atomic E-state index is 5.97. The van der Waals surface area contributed by atoms with Gasteiger partial charge in [-0.25, -0.2) is 0 Å². The highest BCUT2D eigenvalue weighted by Crippen LogP contribution is 2.43. The molecule has 15 heavy (non-hydrogen) atoms. The van der Waals surface area contributed by atoms with Gasteiger partial charge in [-0.05, 0) is 38.5 Å². The lowest BCUT2D eigenvalue weighted by molar-refractivity contribution is -0.147. The van der Waals surface area contributed by atoms with Crippen molar-refractivity contribution in [2.24, 2.45) is 5.73 Å². The van der Waals surface area contributed by atoms with E-state index in [9.17, 15) is 0 Å². The fraction of sp³-hybridized carbons (Fsp3) is 1.00. The van der Waals surface area contributed by atoms with E-state index >= 15 is 0 Å². The fourth-order valence-electron chi connectivity index (χ4n) is 3.38. The summed E-state index contributed by atoms with van der Waals surface area (Å²) in [5, 5.41) is 0. The summed E-state index contributed by atoms with van der Waals surface area (Å²) in [5.41, 5.74) is 6.26. The molecule has 0 bridgehead atoms. The van der Waals surface area contributed by atoms with Crippen LogP contribution in [0.1, 0.15) is 38.5 Å².